The number of nitrogens with zero attached hydrogens (tertiary/aromatic N) is 2. The van der Waals surface area contributed by atoms with Gasteiger partial charge in [-0.3, -0.25) is 0 Å². The number of aryl methyl sites for hydroxylation is 1. The molecule has 0 aromatic carbocycles. The van der Waals surface area contributed by atoms with Crippen molar-refractivity contribution in [3.63, 3.8) is 0 Å². The van der Waals surface area contributed by atoms with E-state index in [2.05, 4.69) is 34.1 Å². The number of nitrogens with one attached hydrogen (secondary N) is 1. The predicted molar refractivity (Wildman–Crippen MR) is 82.8 cm³/mol. The number of pyridine rings is 1. The standard InChI is InChI=1S/C16H25N3O/c1-3-8-17-12-14-13-19(10-6-11-20-4-2)16-15(14)7-5-9-18-16/h5,7,9,13,17H,3-4,6,8,10-12H2,1-2H3. The Hall–Kier alpha value is -1.39. The highest BCUT2D eigenvalue weighted by atomic mass is 16.5. The van der Waals surface area contributed by atoms with Crippen LogP contribution in [0.4, 0.5) is 0 Å². The highest BCUT2D eigenvalue weighted by Gasteiger charge is 2.08. The van der Waals surface area contributed by atoms with E-state index < -0.39 is 0 Å². The molecule has 0 amide bonds. The van der Waals surface area contributed by atoms with Crippen LogP contribution in [0.2, 0.25) is 0 Å². The summed E-state index contributed by atoms with van der Waals surface area (Å²) in [5.41, 5.74) is 2.41. The molecular formula is C16H25N3O. The lowest BCUT2D eigenvalue weighted by atomic mass is 10.2. The highest BCUT2D eigenvalue weighted by Crippen LogP contribution is 2.19. The van der Waals surface area contributed by atoms with Crippen molar-refractivity contribution in [1.82, 2.24) is 14.9 Å². The largest absolute Gasteiger partial charge is 0.382 e. The maximum Gasteiger partial charge on any atom is 0.140 e. The molecule has 110 valence electrons. The topological polar surface area (TPSA) is 39.1 Å². The molecule has 0 saturated carbocycles. The number of hydrogen-bond acceptors (Lipinski definition) is 3. The average Bonchev–Trinajstić information content (AvgIpc) is 2.83. The summed E-state index contributed by atoms with van der Waals surface area (Å²) in [6.45, 7) is 8.74. The SMILES string of the molecule is CCCNCc1cn(CCCOCC)c2ncccc12. The minimum atomic E-state index is 0.789. The summed E-state index contributed by atoms with van der Waals surface area (Å²) < 4.78 is 7.65. The molecule has 0 fully saturated rings. The molecule has 0 bridgehead atoms. The third-order valence-electron chi connectivity index (χ3n) is 3.35. The first kappa shape index (κ1) is 15.0. The van der Waals surface area contributed by atoms with Gasteiger partial charge < -0.3 is 14.6 Å². The number of rotatable bonds is 9. The Bertz CT molecular complexity index is 521. The number of fused-ring (bicyclic) bond motifs is 1. The van der Waals surface area contributed by atoms with Crippen LogP contribution < -0.4 is 5.32 Å². The van der Waals surface area contributed by atoms with Crippen molar-refractivity contribution in [2.75, 3.05) is 19.8 Å². The predicted octanol–water partition coefficient (Wildman–Crippen LogP) is 2.96. The Morgan fingerprint density at radius 1 is 1.35 bits per heavy atom. The zero-order chi connectivity index (χ0) is 14.2. The van der Waals surface area contributed by atoms with Crippen molar-refractivity contribution < 1.29 is 4.74 Å². The van der Waals surface area contributed by atoms with Crippen LogP contribution in [0.25, 0.3) is 11.0 Å². The molecule has 1 N–H and O–H groups in total. The fourth-order valence-electron chi connectivity index (χ4n) is 2.39. The van der Waals surface area contributed by atoms with Crippen LogP contribution in [-0.4, -0.2) is 29.3 Å². The second-order valence-electron chi connectivity index (χ2n) is 4.95. The number of aromatic nitrogens is 2. The Morgan fingerprint density at radius 3 is 3.05 bits per heavy atom. The molecule has 0 aliphatic heterocycles. The molecule has 2 aromatic heterocycles. The molecule has 0 unspecified atom stereocenters. The Morgan fingerprint density at radius 2 is 2.25 bits per heavy atom. The van der Waals surface area contributed by atoms with Crippen molar-refractivity contribution in [1.29, 1.82) is 0 Å². The summed E-state index contributed by atoms with van der Waals surface area (Å²) >= 11 is 0. The number of ether oxygens (including phenoxy) is 1. The van der Waals surface area contributed by atoms with Gasteiger partial charge in [-0.2, -0.15) is 0 Å². The molecule has 4 heteroatoms. The van der Waals surface area contributed by atoms with Crippen molar-refractivity contribution in [2.45, 2.75) is 39.8 Å². The quantitative estimate of drug-likeness (QED) is 0.715. The molecule has 4 nitrogen and oxygen atoms in total. The van der Waals surface area contributed by atoms with Crippen molar-refractivity contribution in [3.05, 3.63) is 30.1 Å². The van der Waals surface area contributed by atoms with Gasteiger partial charge in [-0.1, -0.05) is 6.92 Å². The fraction of sp³-hybridized carbons (Fsp3) is 0.562. The monoisotopic (exact) mass is 275 g/mol. The molecular weight excluding hydrogens is 250 g/mol. The fourth-order valence-corrected chi connectivity index (χ4v) is 2.39. The van der Waals surface area contributed by atoms with E-state index in [0.717, 1.165) is 51.3 Å². The summed E-state index contributed by atoms with van der Waals surface area (Å²) in [6, 6.07) is 4.17. The second-order valence-corrected chi connectivity index (χ2v) is 4.95. The highest BCUT2D eigenvalue weighted by molar-refractivity contribution is 5.80. The van der Waals surface area contributed by atoms with Gasteiger partial charge in [0.15, 0.2) is 0 Å². The lowest BCUT2D eigenvalue weighted by molar-refractivity contribution is 0.142. The van der Waals surface area contributed by atoms with Gasteiger partial charge in [-0.05, 0) is 44.0 Å². The normalized spacial score (nSPS) is 11.3. The first-order valence-electron chi connectivity index (χ1n) is 7.58. The Kier molecular flexibility index (Phi) is 6.02. The minimum absolute atomic E-state index is 0.789. The molecule has 0 aliphatic rings. The van der Waals surface area contributed by atoms with Crippen LogP contribution in [0, 0.1) is 0 Å². The minimum Gasteiger partial charge on any atom is -0.382 e. The summed E-state index contributed by atoms with van der Waals surface area (Å²) in [5.74, 6) is 0. The average molecular weight is 275 g/mol. The molecule has 0 radical (unpaired) electrons. The first-order valence-corrected chi connectivity index (χ1v) is 7.58. The molecule has 0 saturated heterocycles. The van der Waals surface area contributed by atoms with Gasteiger partial charge in [0.1, 0.15) is 5.65 Å². The van der Waals surface area contributed by atoms with Crippen LogP contribution in [0.15, 0.2) is 24.5 Å². The zero-order valence-electron chi connectivity index (χ0n) is 12.6. The van der Waals surface area contributed by atoms with Crippen LogP contribution in [0.5, 0.6) is 0 Å². The van der Waals surface area contributed by atoms with E-state index in [0.29, 0.717) is 0 Å². The molecule has 0 atom stereocenters. The van der Waals surface area contributed by atoms with Crippen molar-refractivity contribution in [2.24, 2.45) is 0 Å². The van der Waals surface area contributed by atoms with Gasteiger partial charge in [0.2, 0.25) is 0 Å². The van der Waals surface area contributed by atoms with Crippen LogP contribution in [0.3, 0.4) is 0 Å². The molecule has 0 spiro atoms. The molecule has 0 aliphatic carbocycles. The third-order valence-corrected chi connectivity index (χ3v) is 3.35. The molecule has 20 heavy (non-hydrogen) atoms. The van der Waals surface area contributed by atoms with Gasteiger partial charge in [-0.15, -0.1) is 0 Å². The molecule has 2 aromatic rings. The van der Waals surface area contributed by atoms with E-state index in [1.165, 1.54) is 10.9 Å². The van der Waals surface area contributed by atoms with E-state index in [1.54, 1.807) is 0 Å². The van der Waals surface area contributed by atoms with Gasteiger partial charge in [0.05, 0.1) is 0 Å². The first-order chi connectivity index (χ1) is 9.86. The second kappa shape index (κ2) is 8.02. The van der Waals surface area contributed by atoms with Gasteiger partial charge in [0, 0.05) is 44.1 Å². The summed E-state index contributed by atoms with van der Waals surface area (Å²) in [6.07, 6.45) is 6.28. The third kappa shape index (κ3) is 3.81. The Balaban J connectivity index is 2.09. The summed E-state index contributed by atoms with van der Waals surface area (Å²) in [7, 11) is 0. The smallest absolute Gasteiger partial charge is 0.140 e. The van der Waals surface area contributed by atoms with Crippen molar-refractivity contribution in [3.8, 4) is 0 Å². The maximum atomic E-state index is 5.41. The van der Waals surface area contributed by atoms with Gasteiger partial charge in [-0.25, -0.2) is 4.98 Å². The maximum absolute atomic E-state index is 5.41. The van der Waals surface area contributed by atoms with Crippen LogP contribution in [0.1, 0.15) is 32.3 Å². The lowest BCUT2D eigenvalue weighted by Gasteiger charge is -2.04. The lowest BCUT2D eigenvalue weighted by Crippen LogP contribution is -2.13. The molecule has 2 rings (SSSR count). The van der Waals surface area contributed by atoms with E-state index in [-0.39, 0.29) is 0 Å². The summed E-state index contributed by atoms with van der Waals surface area (Å²) in [4.78, 5) is 4.52. The zero-order valence-corrected chi connectivity index (χ0v) is 12.6. The Labute approximate surface area is 121 Å². The molecule has 2 heterocycles. The van der Waals surface area contributed by atoms with Crippen molar-refractivity contribution >= 4 is 11.0 Å². The van der Waals surface area contributed by atoms with Gasteiger partial charge >= 0.3 is 0 Å². The van der Waals surface area contributed by atoms with E-state index in [4.69, 9.17) is 4.74 Å². The van der Waals surface area contributed by atoms with E-state index in [9.17, 15) is 0 Å². The van der Waals surface area contributed by atoms with E-state index >= 15 is 0 Å². The van der Waals surface area contributed by atoms with E-state index in [1.807, 2.05) is 19.2 Å². The van der Waals surface area contributed by atoms with Gasteiger partial charge in [0.25, 0.3) is 0 Å². The summed E-state index contributed by atoms with van der Waals surface area (Å²) in [5, 5.41) is 4.72. The number of hydrogen-bond donors (Lipinski definition) is 1. The van der Waals surface area contributed by atoms with Crippen LogP contribution >= 0.6 is 0 Å². The van der Waals surface area contributed by atoms with Crippen LogP contribution in [-0.2, 0) is 17.8 Å².